The third-order valence-electron chi connectivity index (χ3n) is 14.9. The Kier molecular flexibility index (Phi) is 17.0. The minimum atomic E-state index is -0.847. The van der Waals surface area contributed by atoms with E-state index in [9.17, 15) is 9.59 Å². The maximum absolute atomic E-state index is 13.1. The zero-order valence-electron chi connectivity index (χ0n) is 47.7. The van der Waals surface area contributed by atoms with Crippen LogP contribution in [0.15, 0.2) is 291 Å². The van der Waals surface area contributed by atoms with Crippen molar-refractivity contribution in [1.82, 2.24) is 0 Å². The van der Waals surface area contributed by atoms with Crippen LogP contribution in [0.25, 0.3) is 23.3 Å². The number of anilines is 6. The molecule has 11 rings (SSSR count). The largest absolute Gasteiger partial charge is 0.519 e. The summed E-state index contributed by atoms with van der Waals surface area (Å²) in [7, 11) is 1.69. The lowest BCUT2D eigenvalue weighted by molar-refractivity contribution is -0.131. The van der Waals surface area contributed by atoms with Gasteiger partial charge in [-0.2, -0.15) is 0 Å². The lowest BCUT2D eigenvalue weighted by atomic mass is 9.78. The third-order valence-corrected chi connectivity index (χ3v) is 14.9. The summed E-state index contributed by atoms with van der Waals surface area (Å²) >= 11 is 0. The molecule has 8 nitrogen and oxygen atoms in total. The Hall–Kier alpha value is -11.0. The van der Waals surface area contributed by atoms with Crippen LogP contribution in [-0.4, -0.2) is 19.2 Å². The van der Waals surface area contributed by atoms with E-state index in [1.807, 2.05) is 78.9 Å². The van der Waals surface area contributed by atoms with Gasteiger partial charge in [-0.1, -0.05) is 184 Å². The summed E-state index contributed by atoms with van der Waals surface area (Å²) in [5, 5.41) is 0. The molecular weight excluding hydrogens is 1050 g/mol. The van der Waals surface area contributed by atoms with E-state index in [0.29, 0.717) is 17.2 Å². The van der Waals surface area contributed by atoms with Crippen LogP contribution in [0.5, 0.6) is 23.0 Å². The smallest absolute Gasteiger partial charge is 0.497 e. The topological polar surface area (TPSA) is 77.5 Å². The monoisotopic (exact) mass is 1110 g/mol. The number of para-hydroxylation sites is 2. The van der Waals surface area contributed by atoms with E-state index in [1.54, 1.807) is 43.5 Å². The van der Waals surface area contributed by atoms with E-state index >= 15 is 0 Å². The highest BCUT2D eigenvalue weighted by molar-refractivity contribution is 5.95. The molecule has 0 heterocycles. The van der Waals surface area contributed by atoms with Crippen molar-refractivity contribution in [3.63, 3.8) is 0 Å². The van der Waals surface area contributed by atoms with Gasteiger partial charge in [0.1, 0.15) is 23.0 Å². The molecule has 0 fully saturated rings. The normalized spacial score (nSPS) is 11.5. The first-order valence-electron chi connectivity index (χ1n) is 28.1. The van der Waals surface area contributed by atoms with E-state index in [2.05, 4.69) is 212 Å². The molecule has 0 saturated heterocycles. The van der Waals surface area contributed by atoms with Crippen LogP contribution in [0.4, 0.5) is 38.9 Å². The molecule has 0 atom stereocenters. The van der Waals surface area contributed by atoms with Crippen molar-refractivity contribution in [1.29, 1.82) is 0 Å². The van der Waals surface area contributed by atoms with Crippen molar-refractivity contribution in [2.24, 2.45) is 0 Å². The second-order valence-corrected chi connectivity index (χ2v) is 20.9. The SMILES string of the molecule is COc1ccc(N(c2ccccc2)c2ccc(C=C(c3ccccc3)c3ccc(C(=Cc4ccc(N(c5ccccc5)c5ccc(OC(=O)Oc6ccc(C(C)(C)c7ccc(OC(C)=O)cc7)cc6)cc5)cc4)c4ccccc4)cc3)cc2)cc1. The number of ether oxygens (including phenoxy) is 4. The molecule has 0 aliphatic rings. The Morgan fingerprint density at radius 2 is 0.612 bits per heavy atom. The van der Waals surface area contributed by atoms with Gasteiger partial charge in [-0.3, -0.25) is 4.79 Å². The predicted octanol–water partition coefficient (Wildman–Crippen LogP) is 19.6. The zero-order chi connectivity index (χ0) is 58.5. The van der Waals surface area contributed by atoms with Crippen LogP contribution < -0.4 is 28.7 Å². The maximum Gasteiger partial charge on any atom is 0.519 e. The first-order chi connectivity index (χ1) is 41.5. The molecule has 0 aromatic heterocycles. The summed E-state index contributed by atoms with van der Waals surface area (Å²) in [6, 6.07) is 98.1. The van der Waals surface area contributed by atoms with Crippen LogP contribution >= 0.6 is 0 Å². The van der Waals surface area contributed by atoms with Gasteiger partial charge in [-0.05, 0) is 189 Å². The summed E-state index contributed by atoms with van der Waals surface area (Å²) < 4.78 is 22.0. The van der Waals surface area contributed by atoms with Gasteiger partial charge in [0.15, 0.2) is 0 Å². The molecule has 0 aliphatic heterocycles. The van der Waals surface area contributed by atoms with Gasteiger partial charge >= 0.3 is 12.1 Å². The Balaban J connectivity index is 0.812. The standard InChI is InChI=1S/C77H62N2O6/c1-55(80)83-71-45-33-62(34-46-71)77(2,3)63-35-47-72(48-36-63)84-76(81)85-73-51-43-69(44-52-73)79(65-23-15-8-16-24-65)67-39-27-57(28-40-67)54-75(59-19-11-6-12-20-59)61-31-29-60(30-32-61)74(58-17-9-5-10-18-58)53-56-25-37-66(38-26-56)78(64-21-13-7-14-22-64)68-41-49-70(82-4)50-42-68/h5-54H,1-4H3. The maximum atomic E-state index is 13.1. The predicted molar refractivity (Wildman–Crippen MR) is 345 cm³/mol. The second-order valence-electron chi connectivity index (χ2n) is 20.9. The zero-order valence-corrected chi connectivity index (χ0v) is 47.7. The first kappa shape index (κ1) is 55.9. The van der Waals surface area contributed by atoms with E-state index in [1.165, 1.54) is 6.92 Å². The third kappa shape index (κ3) is 13.5. The summed E-state index contributed by atoms with van der Waals surface area (Å²) in [5.41, 5.74) is 16.4. The van der Waals surface area contributed by atoms with Crippen molar-refractivity contribution >= 4 is 69.5 Å². The van der Waals surface area contributed by atoms with Crippen molar-refractivity contribution in [2.45, 2.75) is 26.2 Å². The Morgan fingerprint density at radius 1 is 0.329 bits per heavy atom. The van der Waals surface area contributed by atoms with E-state index in [-0.39, 0.29) is 11.4 Å². The molecule has 0 bridgehead atoms. The number of carbonyl (C=O) groups is 2. The summed E-state index contributed by atoms with van der Waals surface area (Å²) in [6.07, 6.45) is 3.67. The number of hydrogen-bond acceptors (Lipinski definition) is 8. The molecular formula is C77H62N2O6. The molecule has 0 N–H and O–H groups in total. The van der Waals surface area contributed by atoms with Gasteiger partial charge in [-0.15, -0.1) is 0 Å². The number of rotatable bonds is 18. The molecule has 0 amide bonds. The molecule has 0 radical (unpaired) electrons. The van der Waals surface area contributed by atoms with Gasteiger partial charge in [0, 0.05) is 46.5 Å². The van der Waals surface area contributed by atoms with Crippen molar-refractivity contribution in [2.75, 3.05) is 16.9 Å². The lowest BCUT2D eigenvalue weighted by Crippen LogP contribution is -2.19. The fourth-order valence-corrected chi connectivity index (χ4v) is 10.4. The van der Waals surface area contributed by atoms with Crippen LogP contribution in [0.1, 0.15) is 65.3 Å². The van der Waals surface area contributed by atoms with Gasteiger partial charge < -0.3 is 28.7 Å². The van der Waals surface area contributed by atoms with Gasteiger partial charge in [0.2, 0.25) is 0 Å². The Bertz CT molecular complexity index is 4060. The molecule has 11 aromatic rings. The highest BCUT2D eigenvalue weighted by Crippen LogP contribution is 2.40. The van der Waals surface area contributed by atoms with Crippen molar-refractivity contribution in [3.05, 3.63) is 336 Å². The average molecular weight is 1110 g/mol. The molecule has 85 heavy (non-hydrogen) atoms. The molecule has 0 aliphatic carbocycles. The fourth-order valence-electron chi connectivity index (χ4n) is 10.4. The summed E-state index contributed by atoms with van der Waals surface area (Å²) in [6.45, 7) is 5.58. The number of esters is 1. The first-order valence-corrected chi connectivity index (χ1v) is 28.1. The van der Waals surface area contributed by atoms with Crippen LogP contribution in [-0.2, 0) is 10.2 Å². The number of methoxy groups -OCH3 is 1. The Morgan fingerprint density at radius 3 is 0.953 bits per heavy atom. The molecule has 0 saturated carbocycles. The molecule has 11 aromatic carbocycles. The minimum absolute atomic E-state index is 0.341. The summed E-state index contributed by atoms with van der Waals surface area (Å²) in [5.74, 6) is 1.63. The number of carbonyl (C=O) groups excluding carboxylic acids is 2. The van der Waals surface area contributed by atoms with Gasteiger partial charge in [0.05, 0.1) is 7.11 Å². The van der Waals surface area contributed by atoms with Gasteiger partial charge in [-0.25, -0.2) is 4.79 Å². The average Bonchev–Trinajstić information content (AvgIpc) is 3.69. The molecule has 8 heteroatoms. The lowest BCUT2D eigenvalue weighted by Gasteiger charge is -2.26. The number of hydrogen-bond donors (Lipinski definition) is 0. The van der Waals surface area contributed by atoms with Crippen LogP contribution in [0, 0.1) is 0 Å². The molecule has 416 valence electrons. The van der Waals surface area contributed by atoms with Crippen molar-refractivity contribution in [3.8, 4) is 23.0 Å². The van der Waals surface area contributed by atoms with Crippen LogP contribution in [0.2, 0.25) is 0 Å². The molecule has 0 unspecified atom stereocenters. The Labute approximate surface area is 497 Å². The van der Waals surface area contributed by atoms with E-state index in [0.717, 1.165) is 95.5 Å². The van der Waals surface area contributed by atoms with Crippen LogP contribution in [0.3, 0.4) is 0 Å². The summed E-state index contributed by atoms with van der Waals surface area (Å²) in [4.78, 5) is 28.9. The number of benzene rings is 11. The minimum Gasteiger partial charge on any atom is -0.497 e. The van der Waals surface area contributed by atoms with E-state index in [4.69, 9.17) is 18.9 Å². The quantitative estimate of drug-likeness (QED) is 0.0364. The highest BCUT2D eigenvalue weighted by Gasteiger charge is 2.24. The second kappa shape index (κ2) is 25.9. The van der Waals surface area contributed by atoms with E-state index < -0.39 is 6.16 Å². The fraction of sp³-hybridized carbons (Fsp3) is 0.0649. The highest BCUT2D eigenvalue weighted by atomic mass is 16.7. The number of nitrogens with zero attached hydrogens (tertiary/aromatic N) is 2. The van der Waals surface area contributed by atoms with Gasteiger partial charge in [0.25, 0.3) is 0 Å². The van der Waals surface area contributed by atoms with Crippen molar-refractivity contribution < 1.29 is 28.5 Å². The molecule has 0 spiro atoms.